The van der Waals surface area contributed by atoms with Crippen molar-refractivity contribution in [2.45, 2.75) is 18.2 Å². The maximum Gasteiger partial charge on any atom is 0.268 e. The van der Waals surface area contributed by atoms with E-state index in [2.05, 4.69) is 0 Å². The van der Waals surface area contributed by atoms with Gasteiger partial charge >= 0.3 is 0 Å². The van der Waals surface area contributed by atoms with E-state index in [0.717, 1.165) is 9.54 Å². The summed E-state index contributed by atoms with van der Waals surface area (Å²) in [6.07, 6.45) is -0.375. The molecule has 2 aromatic carbocycles. The molecule has 0 saturated heterocycles. The molecule has 0 aliphatic rings. The summed E-state index contributed by atoms with van der Waals surface area (Å²) >= 11 is 0. The van der Waals surface area contributed by atoms with Crippen LogP contribution in [0.15, 0.2) is 59.5 Å². The molecular weight excluding hydrogens is 324 g/mol. The third-order valence-corrected chi connectivity index (χ3v) is 5.49. The minimum atomic E-state index is -3.95. The highest BCUT2D eigenvalue weighted by Crippen LogP contribution is 2.26. The van der Waals surface area contributed by atoms with E-state index in [1.807, 2.05) is 6.92 Å². The average Bonchev–Trinajstić information content (AvgIpc) is 2.96. The lowest BCUT2D eigenvalue weighted by molar-refractivity contribution is 0.0992. The van der Waals surface area contributed by atoms with E-state index in [0.29, 0.717) is 10.9 Å². The van der Waals surface area contributed by atoms with Gasteiger partial charge in [-0.3, -0.25) is 4.79 Å². The van der Waals surface area contributed by atoms with E-state index in [-0.39, 0.29) is 17.0 Å². The van der Waals surface area contributed by atoms with Crippen molar-refractivity contribution in [2.75, 3.05) is 0 Å². The van der Waals surface area contributed by atoms with Gasteiger partial charge in [-0.05, 0) is 31.2 Å². The van der Waals surface area contributed by atoms with Gasteiger partial charge in [-0.1, -0.05) is 35.9 Å². The summed E-state index contributed by atoms with van der Waals surface area (Å²) in [5.41, 5.74) is 1.35. The number of ketones is 1. The summed E-state index contributed by atoms with van der Waals surface area (Å²) in [6, 6.07) is 16.6. The normalized spacial score (nSPS) is 11.3. The van der Waals surface area contributed by atoms with Gasteiger partial charge in [-0.2, -0.15) is 5.26 Å². The lowest BCUT2D eigenvalue weighted by Crippen LogP contribution is -2.18. The Balaban J connectivity index is 2.31. The van der Waals surface area contributed by atoms with E-state index in [9.17, 15) is 13.2 Å². The first-order valence-electron chi connectivity index (χ1n) is 7.28. The summed E-state index contributed by atoms with van der Waals surface area (Å²) in [6.45, 7) is 1.86. The Hall–Kier alpha value is -2.91. The fourth-order valence-corrected chi connectivity index (χ4v) is 4.09. The number of aryl methyl sites for hydroxylation is 1. The molecule has 5 nitrogen and oxygen atoms in total. The van der Waals surface area contributed by atoms with Crippen molar-refractivity contribution in [1.29, 1.82) is 5.26 Å². The number of Topliss-reactive ketones (excluding diaryl/α,β-unsaturated/α-hetero) is 1. The van der Waals surface area contributed by atoms with Gasteiger partial charge in [0.2, 0.25) is 0 Å². The van der Waals surface area contributed by atoms with Crippen LogP contribution in [-0.4, -0.2) is 18.2 Å². The molecule has 1 aromatic heterocycles. The highest BCUT2D eigenvalue weighted by Gasteiger charge is 2.25. The summed E-state index contributed by atoms with van der Waals surface area (Å²) in [4.78, 5) is 12.4. The minimum Gasteiger partial charge on any atom is -0.291 e. The van der Waals surface area contributed by atoms with E-state index in [4.69, 9.17) is 5.26 Å². The van der Waals surface area contributed by atoms with Gasteiger partial charge in [0.1, 0.15) is 12.1 Å². The molecule has 0 amide bonds. The molecule has 0 aliphatic carbocycles. The molecule has 0 spiro atoms. The van der Waals surface area contributed by atoms with Crippen LogP contribution in [0, 0.1) is 18.3 Å². The molecule has 0 unspecified atom stereocenters. The SMILES string of the molecule is Cc1ccc(S(=O)(=O)n2c(C(=O)CC#N)cc3ccccc32)cc1. The summed E-state index contributed by atoms with van der Waals surface area (Å²) in [5, 5.41) is 9.42. The van der Waals surface area contributed by atoms with E-state index in [1.165, 1.54) is 18.2 Å². The highest BCUT2D eigenvalue weighted by molar-refractivity contribution is 7.90. The molecule has 0 fully saturated rings. The summed E-state index contributed by atoms with van der Waals surface area (Å²) in [7, 11) is -3.95. The number of carbonyl (C=O) groups excluding carboxylic acids is 1. The number of hydrogen-bond acceptors (Lipinski definition) is 4. The van der Waals surface area contributed by atoms with Gasteiger partial charge in [-0.25, -0.2) is 12.4 Å². The first-order valence-corrected chi connectivity index (χ1v) is 8.72. The minimum absolute atomic E-state index is 0.00155. The molecule has 6 heteroatoms. The van der Waals surface area contributed by atoms with Crippen LogP contribution in [0.1, 0.15) is 22.5 Å². The Morgan fingerprint density at radius 2 is 1.79 bits per heavy atom. The van der Waals surface area contributed by atoms with Crippen molar-refractivity contribution in [3.63, 3.8) is 0 Å². The molecule has 24 heavy (non-hydrogen) atoms. The predicted molar refractivity (Wildman–Crippen MR) is 90.3 cm³/mol. The Morgan fingerprint density at radius 3 is 2.46 bits per heavy atom. The number of nitriles is 1. The topological polar surface area (TPSA) is 79.9 Å². The van der Waals surface area contributed by atoms with Gasteiger partial charge in [0.05, 0.1) is 16.5 Å². The molecule has 0 saturated carbocycles. The van der Waals surface area contributed by atoms with Crippen LogP contribution >= 0.6 is 0 Å². The first-order chi connectivity index (χ1) is 11.4. The predicted octanol–water partition coefficient (Wildman–Crippen LogP) is 3.28. The quantitative estimate of drug-likeness (QED) is 0.684. The molecule has 3 rings (SSSR count). The molecular formula is C18H14N2O3S. The number of benzene rings is 2. The van der Waals surface area contributed by atoms with E-state index >= 15 is 0 Å². The zero-order valence-corrected chi connectivity index (χ0v) is 13.7. The maximum atomic E-state index is 13.1. The molecule has 1 heterocycles. The van der Waals surface area contributed by atoms with Crippen molar-refractivity contribution >= 4 is 26.7 Å². The fraction of sp³-hybridized carbons (Fsp3) is 0.111. The number of hydrogen-bond donors (Lipinski definition) is 0. The zero-order chi connectivity index (χ0) is 17.3. The largest absolute Gasteiger partial charge is 0.291 e. The Bertz CT molecular complexity index is 1070. The number of aromatic nitrogens is 1. The average molecular weight is 338 g/mol. The molecule has 0 N–H and O–H groups in total. The number of carbonyl (C=O) groups is 1. The smallest absolute Gasteiger partial charge is 0.268 e. The standard InChI is InChI=1S/C18H14N2O3S/c1-13-6-8-15(9-7-13)24(22,23)20-16-5-3-2-4-14(16)12-17(20)18(21)10-11-19/h2-9,12H,10H2,1H3. The van der Waals surface area contributed by atoms with Gasteiger partial charge < -0.3 is 0 Å². The number of fused-ring (bicyclic) bond motifs is 1. The van der Waals surface area contributed by atoms with Crippen molar-refractivity contribution in [1.82, 2.24) is 3.97 Å². The second kappa shape index (κ2) is 5.95. The van der Waals surface area contributed by atoms with Crippen LogP contribution in [0.4, 0.5) is 0 Å². The molecule has 3 aromatic rings. The summed E-state index contributed by atoms with van der Waals surface area (Å²) in [5.74, 6) is -0.524. The van der Waals surface area contributed by atoms with Crippen molar-refractivity contribution < 1.29 is 13.2 Å². The molecule has 0 radical (unpaired) electrons. The van der Waals surface area contributed by atoms with E-state index < -0.39 is 15.8 Å². The van der Waals surface area contributed by atoms with Crippen LogP contribution in [0.25, 0.3) is 10.9 Å². The van der Waals surface area contributed by atoms with Crippen LogP contribution in [0.5, 0.6) is 0 Å². The Morgan fingerprint density at radius 1 is 1.12 bits per heavy atom. The first kappa shape index (κ1) is 16.0. The monoisotopic (exact) mass is 338 g/mol. The van der Waals surface area contributed by atoms with E-state index in [1.54, 1.807) is 42.5 Å². The maximum absolute atomic E-state index is 13.1. The van der Waals surface area contributed by atoms with Crippen LogP contribution in [0.2, 0.25) is 0 Å². The lowest BCUT2D eigenvalue weighted by Gasteiger charge is -2.11. The van der Waals surface area contributed by atoms with Crippen LogP contribution in [-0.2, 0) is 10.0 Å². The third-order valence-electron chi connectivity index (χ3n) is 3.75. The summed E-state index contributed by atoms with van der Waals surface area (Å²) < 4.78 is 27.2. The van der Waals surface area contributed by atoms with Crippen LogP contribution < -0.4 is 0 Å². The Kier molecular flexibility index (Phi) is 3.96. The van der Waals surface area contributed by atoms with Gasteiger partial charge in [-0.15, -0.1) is 0 Å². The number of para-hydroxylation sites is 1. The number of rotatable bonds is 4. The molecule has 120 valence electrons. The van der Waals surface area contributed by atoms with Gasteiger partial charge in [0.25, 0.3) is 10.0 Å². The molecule has 0 atom stereocenters. The fourth-order valence-electron chi connectivity index (χ4n) is 2.56. The van der Waals surface area contributed by atoms with Crippen molar-refractivity contribution in [2.24, 2.45) is 0 Å². The number of nitrogens with zero attached hydrogens (tertiary/aromatic N) is 2. The Labute approximate surface area is 139 Å². The van der Waals surface area contributed by atoms with Gasteiger partial charge in [0, 0.05) is 5.39 Å². The zero-order valence-electron chi connectivity index (χ0n) is 12.9. The van der Waals surface area contributed by atoms with Crippen molar-refractivity contribution in [3.8, 4) is 6.07 Å². The lowest BCUT2D eigenvalue weighted by atomic mass is 10.2. The van der Waals surface area contributed by atoms with Gasteiger partial charge in [0.15, 0.2) is 5.78 Å². The highest BCUT2D eigenvalue weighted by atomic mass is 32.2. The third kappa shape index (κ3) is 2.59. The van der Waals surface area contributed by atoms with Crippen molar-refractivity contribution in [3.05, 3.63) is 65.9 Å². The van der Waals surface area contributed by atoms with Crippen LogP contribution in [0.3, 0.4) is 0 Å². The second-order valence-electron chi connectivity index (χ2n) is 5.43. The second-order valence-corrected chi connectivity index (χ2v) is 7.22. The molecule has 0 aliphatic heterocycles. The molecule has 0 bridgehead atoms.